The van der Waals surface area contributed by atoms with E-state index in [1.54, 1.807) is 6.92 Å². The van der Waals surface area contributed by atoms with E-state index in [1.807, 2.05) is 0 Å². The first kappa shape index (κ1) is 20.9. The Hall–Kier alpha value is -2.40. The zero-order valence-corrected chi connectivity index (χ0v) is 16.6. The van der Waals surface area contributed by atoms with Crippen LogP contribution in [0.25, 0.3) is 0 Å². The molecule has 146 valence electrons. The average molecular weight is 392 g/mol. The van der Waals surface area contributed by atoms with Crippen molar-refractivity contribution in [3.05, 3.63) is 29.3 Å². The molecule has 0 radical (unpaired) electrons. The first-order valence-electron chi connectivity index (χ1n) is 8.83. The van der Waals surface area contributed by atoms with Crippen LogP contribution in [0.4, 0.5) is 0 Å². The Kier molecular flexibility index (Phi) is 6.26. The number of ether oxygens (including phenoxy) is 1. The number of aryl methyl sites for hydroxylation is 1. The lowest BCUT2D eigenvalue weighted by Gasteiger charge is -2.32. The first-order valence-corrected chi connectivity index (χ1v) is 10.7. The summed E-state index contributed by atoms with van der Waals surface area (Å²) in [4.78, 5) is 24.9. The van der Waals surface area contributed by atoms with Crippen LogP contribution in [-0.2, 0) is 19.4 Å². The molecule has 1 amide bonds. The van der Waals surface area contributed by atoms with Crippen LogP contribution >= 0.6 is 0 Å². The Bertz CT molecular complexity index is 880. The summed E-state index contributed by atoms with van der Waals surface area (Å²) in [6, 6.07) is 6.36. The molecule has 1 aromatic carbocycles. The lowest BCUT2D eigenvalue weighted by Crippen LogP contribution is -2.52. The van der Waals surface area contributed by atoms with Gasteiger partial charge in [0.1, 0.15) is 5.54 Å². The van der Waals surface area contributed by atoms with Crippen molar-refractivity contribution < 1.29 is 22.7 Å². The van der Waals surface area contributed by atoms with Crippen molar-refractivity contribution in [2.24, 2.45) is 0 Å². The SMILES string of the molecule is Cc1ccc(S(C)(=O)=O)cc1C(=O)OC(C)C(=O)NC1(C#N)CCCCC1. The predicted molar refractivity (Wildman–Crippen MR) is 98.7 cm³/mol. The van der Waals surface area contributed by atoms with E-state index in [0.717, 1.165) is 25.5 Å². The molecule has 1 N–H and O–H groups in total. The van der Waals surface area contributed by atoms with Crippen LogP contribution in [0, 0.1) is 18.3 Å². The molecule has 0 bridgehead atoms. The zero-order valence-electron chi connectivity index (χ0n) is 15.7. The van der Waals surface area contributed by atoms with Crippen molar-refractivity contribution in [3.8, 4) is 6.07 Å². The second-order valence-electron chi connectivity index (χ2n) is 7.04. The molecular weight excluding hydrogens is 368 g/mol. The van der Waals surface area contributed by atoms with Crippen LogP contribution in [0.1, 0.15) is 54.9 Å². The molecule has 2 rings (SSSR count). The Labute approximate surface area is 159 Å². The molecule has 0 saturated heterocycles. The highest BCUT2D eigenvalue weighted by molar-refractivity contribution is 7.90. The van der Waals surface area contributed by atoms with Crippen molar-refractivity contribution in [2.75, 3.05) is 6.26 Å². The number of nitrogens with zero attached hydrogens (tertiary/aromatic N) is 1. The number of esters is 1. The minimum absolute atomic E-state index is 0.00259. The average Bonchev–Trinajstić information content (AvgIpc) is 2.61. The van der Waals surface area contributed by atoms with E-state index in [4.69, 9.17) is 4.74 Å². The third-order valence-corrected chi connectivity index (χ3v) is 5.90. The number of amides is 1. The van der Waals surface area contributed by atoms with Gasteiger partial charge >= 0.3 is 5.97 Å². The van der Waals surface area contributed by atoms with Crippen LogP contribution in [-0.4, -0.2) is 38.2 Å². The fraction of sp³-hybridized carbons (Fsp3) is 0.526. The fourth-order valence-electron chi connectivity index (χ4n) is 3.09. The van der Waals surface area contributed by atoms with Gasteiger partial charge in [-0.1, -0.05) is 25.3 Å². The summed E-state index contributed by atoms with van der Waals surface area (Å²) in [7, 11) is -3.47. The Morgan fingerprint density at radius 3 is 2.44 bits per heavy atom. The molecule has 0 heterocycles. The standard InChI is InChI=1S/C19H24N2O5S/c1-13-7-8-15(27(3,24)25)11-16(13)18(23)26-14(2)17(22)21-19(12-20)9-5-4-6-10-19/h7-8,11,14H,4-6,9-10H2,1-3H3,(H,21,22). The van der Waals surface area contributed by atoms with E-state index in [1.165, 1.54) is 25.1 Å². The number of nitrogens with one attached hydrogen (secondary N) is 1. The van der Waals surface area contributed by atoms with Crippen LogP contribution in [0.15, 0.2) is 23.1 Å². The van der Waals surface area contributed by atoms with E-state index in [2.05, 4.69) is 11.4 Å². The fourth-order valence-corrected chi connectivity index (χ4v) is 3.73. The summed E-state index contributed by atoms with van der Waals surface area (Å²) >= 11 is 0. The topological polar surface area (TPSA) is 113 Å². The Morgan fingerprint density at radius 2 is 1.89 bits per heavy atom. The zero-order chi connectivity index (χ0) is 20.2. The van der Waals surface area contributed by atoms with E-state index >= 15 is 0 Å². The van der Waals surface area contributed by atoms with Crippen molar-refractivity contribution in [1.82, 2.24) is 5.32 Å². The van der Waals surface area contributed by atoms with Gasteiger partial charge in [-0.3, -0.25) is 4.79 Å². The summed E-state index contributed by atoms with van der Waals surface area (Å²) < 4.78 is 28.6. The number of nitriles is 1. The minimum Gasteiger partial charge on any atom is -0.449 e. The largest absolute Gasteiger partial charge is 0.449 e. The smallest absolute Gasteiger partial charge is 0.339 e. The van der Waals surface area contributed by atoms with Gasteiger partial charge in [-0.15, -0.1) is 0 Å². The molecule has 0 aliphatic heterocycles. The molecule has 1 saturated carbocycles. The summed E-state index contributed by atoms with van der Waals surface area (Å²) in [5.41, 5.74) is -0.284. The molecule has 1 unspecified atom stereocenters. The third kappa shape index (κ3) is 5.07. The van der Waals surface area contributed by atoms with Gasteiger partial charge in [0.05, 0.1) is 16.5 Å². The van der Waals surface area contributed by atoms with E-state index in [-0.39, 0.29) is 10.5 Å². The van der Waals surface area contributed by atoms with Gasteiger partial charge in [-0.25, -0.2) is 13.2 Å². The van der Waals surface area contributed by atoms with E-state index in [9.17, 15) is 23.3 Å². The van der Waals surface area contributed by atoms with Crippen molar-refractivity contribution >= 4 is 21.7 Å². The van der Waals surface area contributed by atoms with Crippen LogP contribution in [0.5, 0.6) is 0 Å². The van der Waals surface area contributed by atoms with Crippen LogP contribution < -0.4 is 5.32 Å². The second-order valence-corrected chi connectivity index (χ2v) is 9.06. The Morgan fingerprint density at radius 1 is 1.26 bits per heavy atom. The maximum Gasteiger partial charge on any atom is 0.339 e. The molecule has 1 aromatic rings. The molecule has 1 aliphatic rings. The van der Waals surface area contributed by atoms with Gasteiger partial charge in [-0.05, 0) is 44.4 Å². The van der Waals surface area contributed by atoms with Crippen LogP contribution in [0.2, 0.25) is 0 Å². The molecule has 1 aliphatic carbocycles. The lowest BCUT2D eigenvalue weighted by atomic mass is 9.83. The monoisotopic (exact) mass is 392 g/mol. The lowest BCUT2D eigenvalue weighted by molar-refractivity contribution is -0.130. The first-order chi connectivity index (χ1) is 12.6. The van der Waals surface area contributed by atoms with Crippen molar-refractivity contribution in [3.63, 3.8) is 0 Å². The number of rotatable bonds is 5. The summed E-state index contributed by atoms with van der Waals surface area (Å²) in [5, 5.41) is 12.2. The molecule has 1 fully saturated rings. The van der Waals surface area contributed by atoms with Gasteiger partial charge in [0.25, 0.3) is 5.91 Å². The minimum atomic E-state index is -3.47. The number of sulfone groups is 1. The Balaban J connectivity index is 2.11. The van der Waals surface area contributed by atoms with Gasteiger partial charge in [0.2, 0.25) is 0 Å². The van der Waals surface area contributed by atoms with Gasteiger partial charge in [-0.2, -0.15) is 5.26 Å². The third-order valence-electron chi connectivity index (χ3n) is 4.79. The van der Waals surface area contributed by atoms with Crippen molar-refractivity contribution in [1.29, 1.82) is 5.26 Å². The molecule has 27 heavy (non-hydrogen) atoms. The summed E-state index contributed by atoms with van der Waals surface area (Å²) in [5.74, 6) is -1.32. The molecule has 0 spiro atoms. The van der Waals surface area contributed by atoms with Crippen LogP contribution in [0.3, 0.4) is 0 Å². The molecular formula is C19H24N2O5S. The molecule has 7 nitrogen and oxygen atoms in total. The number of hydrogen-bond acceptors (Lipinski definition) is 6. The predicted octanol–water partition coefficient (Wildman–Crippen LogP) is 2.29. The van der Waals surface area contributed by atoms with Gasteiger partial charge in [0, 0.05) is 6.26 Å². The highest BCUT2D eigenvalue weighted by Crippen LogP contribution is 2.27. The highest BCUT2D eigenvalue weighted by atomic mass is 32.2. The van der Waals surface area contributed by atoms with Crippen molar-refractivity contribution in [2.45, 2.75) is 62.5 Å². The number of carbonyl (C=O) groups is 2. The maximum atomic E-state index is 12.4. The highest BCUT2D eigenvalue weighted by Gasteiger charge is 2.35. The quantitative estimate of drug-likeness (QED) is 0.769. The molecule has 8 heteroatoms. The molecule has 1 atom stereocenters. The van der Waals surface area contributed by atoms with Gasteiger partial charge in [0.15, 0.2) is 15.9 Å². The second kappa shape index (κ2) is 8.09. The molecule has 0 aromatic heterocycles. The van der Waals surface area contributed by atoms with E-state index < -0.39 is 33.4 Å². The maximum absolute atomic E-state index is 12.4. The number of benzene rings is 1. The summed E-state index contributed by atoms with van der Waals surface area (Å²) in [6.45, 7) is 3.08. The van der Waals surface area contributed by atoms with E-state index in [0.29, 0.717) is 18.4 Å². The normalized spacial score (nSPS) is 17.4. The summed E-state index contributed by atoms with van der Waals surface area (Å²) in [6.07, 6.45) is 3.84. The number of carbonyl (C=O) groups excluding carboxylic acids is 2. The number of hydrogen-bond donors (Lipinski definition) is 1. The van der Waals surface area contributed by atoms with Gasteiger partial charge < -0.3 is 10.1 Å².